The highest BCUT2D eigenvalue weighted by atomic mass is 16.5. The Kier molecular flexibility index (Phi) is 6.82. The minimum atomic E-state index is -0.366. The number of hydrogen-bond acceptors (Lipinski definition) is 5. The fraction of sp³-hybridized carbons (Fsp3) is 0.333. The minimum absolute atomic E-state index is 0.0592. The average molecular weight is 370 g/mol. The molecule has 0 radical (unpaired) electrons. The third-order valence-electron chi connectivity index (χ3n) is 3.78. The van der Waals surface area contributed by atoms with Gasteiger partial charge >= 0.3 is 0 Å². The third kappa shape index (κ3) is 6.33. The van der Waals surface area contributed by atoms with Crippen LogP contribution < -0.4 is 14.9 Å². The van der Waals surface area contributed by atoms with Crippen molar-refractivity contribution in [2.75, 3.05) is 13.2 Å². The maximum Gasteiger partial charge on any atom is 0.277 e. The molecular formula is C21H26N2O4. The van der Waals surface area contributed by atoms with Crippen molar-refractivity contribution in [3.8, 4) is 17.2 Å². The van der Waals surface area contributed by atoms with Gasteiger partial charge in [-0.3, -0.25) is 4.79 Å². The van der Waals surface area contributed by atoms with Gasteiger partial charge in [0.05, 0.1) is 12.8 Å². The number of hydrazone groups is 1. The van der Waals surface area contributed by atoms with E-state index in [9.17, 15) is 9.90 Å². The molecule has 0 fully saturated rings. The normalized spacial score (nSPS) is 11.4. The van der Waals surface area contributed by atoms with E-state index in [1.165, 1.54) is 17.8 Å². The van der Waals surface area contributed by atoms with E-state index in [0.717, 1.165) is 0 Å². The van der Waals surface area contributed by atoms with Gasteiger partial charge in [0, 0.05) is 0 Å². The molecule has 2 rings (SSSR count). The molecule has 0 atom stereocenters. The van der Waals surface area contributed by atoms with Crippen molar-refractivity contribution in [3.05, 3.63) is 53.6 Å². The van der Waals surface area contributed by atoms with Crippen molar-refractivity contribution < 1.29 is 19.4 Å². The largest absolute Gasteiger partial charge is 0.504 e. The summed E-state index contributed by atoms with van der Waals surface area (Å²) in [6.45, 7) is 8.56. The maximum absolute atomic E-state index is 11.8. The van der Waals surface area contributed by atoms with Gasteiger partial charge in [0.2, 0.25) is 0 Å². The fourth-order valence-electron chi connectivity index (χ4n) is 2.29. The van der Waals surface area contributed by atoms with Gasteiger partial charge in [-0.1, -0.05) is 32.9 Å². The lowest BCUT2D eigenvalue weighted by Gasteiger charge is -2.19. The Morgan fingerprint density at radius 1 is 1.15 bits per heavy atom. The number of carbonyl (C=O) groups excluding carboxylic acids is 1. The van der Waals surface area contributed by atoms with Crippen LogP contribution in [0.1, 0.15) is 38.8 Å². The van der Waals surface area contributed by atoms with E-state index in [4.69, 9.17) is 9.47 Å². The van der Waals surface area contributed by atoms with Gasteiger partial charge in [-0.05, 0) is 53.8 Å². The Morgan fingerprint density at radius 3 is 2.48 bits per heavy atom. The first-order valence-electron chi connectivity index (χ1n) is 8.80. The Hall–Kier alpha value is -3.02. The Balaban J connectivity index is 1.84. The van der Waals surface area contributed by atoms with Crippen LogP contribution in [0.25, 0.3) is 0 Å². The fourth-order valence-corrected chi connectivity index (χ4v) is 2.29. The van der Waals surface area contributed by atoms with Crippen molar-refractivity contribution in [3.63, 3.8) is 0 Å². The predicted octanol–water partition coefficient (Wildman–Crippen LogP) is 3.62. The van der Waals surface area contributed by atoms with Gasteiger partial charge in [-0.15, -0.1) is 0 Å². The average Bonchev–Trinajstić information content (AvgIpc) is 2.62. The van der Waals surface area contributed by atoms with Gasteiger partial charge in [0.15, 0.2) is 18.1 Å². The molecule has 144 valence electrons. The summed E-state index contributed by atoms with van der Waals surface area (Å²) in [7, 11) is 0. The van der Waals surface area contributed by atoms with Crippen LogP contribution in [0.5, 0.6) is 17.2 Å². The van der Waals surface area contributed by atoms with Gasteiger partial charge < -0.3 is 14.6 Å². The number of ether oxygens (including phenoxy) is 2. The number of rotatable bonds is 7. The van der Waals surface area contributed by atoms with E-state index in [-0.39, 0.29) is 23.7 Å². The van der Waals surface area contributed by atoms with Crippen LogP contribution in [0.3, 0.4) is 0 Å². The lowest BCUT2D eigenvalue weighted by atomic mass is 9.87. The summed E-state index contributed by atoms with van der Waals surface area (Å²) >= 11 is 0. The van der Waals surface area contributed by atoms with Crippen molar-refractivity contribution in [2.45, 2.75) is 33.1 Å². The number of hydrogen-bond donors (Lipinski definition) is 2. The topological polar surface area (TPSA) is 80.2 Å². The molecule has 2 aromatic carbocycles. The monoisotopic (exact) mass is 370 g/mol. The molecule has 0 aromatic heterocycles. The summed E-state index contributed by atoms with van der Waals surface area (Å²) in [6, 6.07) is 12.5. The SMILES string of the molecule is CCOc1cc(/C=N/NC(=O)COc2ccc(C(C)(C)C)cc2)ccc1O. The lowest BCUT2D eigenvalue weighted by Crippen LogP contribution is -2.24. The van der Waals surface area contributed by atoms with E-state index in [0.29, 0.717) is 23.7 Å². The van der Waals surface area contributed by atoms with Crippen LogP contribution in [-0.4, -0.2) is 30.4 Å². The first kappa shape index (κ1) is 20.3. The van der Waals surface area contributed by atoms with Crippen LogP contribution in [0, 0.1) is 0 Å². The quantitative estimate of drug-likeness (QED) is 0.576. The highest BCUT2D eigenvalue weighted by molar-refractivity contribution is 5.83. The Morgan fingerprint density at radius 2 is 1.85 bits per heavy atom. The van der Waals surface area contributed by atoms with Crippen LogP contribution >= 0.6 is 0 Å². The molecule has 0 spiro atoms. The summed E-state index contributed by atoms with van der Waals surface area (Å²) in [6.07, 6.45) is 1.47. The number of amides is 1. The number of nitrogens with one attached hydrogen (secondary N) is 1. The summed E-state index contributed by atoms with van der Waals surface area (Å²) in [5.74, 6) is 0.690. The molecule has 0 unspecified atom stereocenters. The zero-order chi connectivity index (χ0) is 19.9. The molecule has 0 saturated heterocycles. The van der Waals surface area contributed by atoms with Crippen LogP contribution in [0.2, 0.25) is 0 Å². The van der Waals surface area contributed by atoms with Gasteiger partial charge in [-0.2, -0.15) is 5.10 Å². The summed E-state index contributed by atoms with van der Waals surface area (Å²) in [5, 5.41) is 13.6. The first-order chi connectivity index (χ1) is 12.8. The van der Waals surface area contributed by atoms with Crippen molar-refractivity contribution in [1.82, 2.24) is 5.43 Å². The Bertz CT molecular complexity index is 793. The standard InChI is InChI=1S/C21H26N2O4/c1-5-26-19-12-15(6-11-18(19)24)13-22-23-20(25)14-27-17-9-7-16(8-10-17)21(2,3)4/h6-13,24H,5,14H2,1-4H3,(H,23,25)/b22-13+. The predicted molar refractivity (Wildman–Crippen MR) is 106 cm³/mol. The molecule has 27 heavy (non-hydrogen) atoms. The number of phenols is 1. The number of benzene rings is 2. The van der Waals surface area contributed by atoms with Crippen LogP contribution in [0.4, 0.5) is 0 Å². The van der Waals surface area contributed by atoms with Crippen molar-refractivity contribution >= 4 is 12.1 Å². The molecule has 1 amide bonds. The molecule has 2 aromatic rings. The second-order valence-electron chi connectivity index (χ2n) is 7.02. The van der Waals surface area contributed by atoms with Crippen molar-refractivity contribution in [1.29, 1.82) is 0 Å². The van der Waals surface area contributed by atoms with E-state index >= 15 is 0 Å². The van der Waals surface area contributed by atoms with Crippen molar-refractivity contribution in [2.24, 2.45) is 5.10 Å². The first-order valence-corrected chi connectivity index (χ1v) is 8.80. The molecular weight excluding hydrogens is 344 g/mol. The molecule has 0 saturated carbocycles. The van der Waals surface area contributed by atoms with E-state index in [1.54, 1.807) is 12.1 Å². The van der Waals surface area contributed by atoms with Crippen LogP contribution in [-0.2, 0) is 10.2 Å². The second-order valence-corrected chi connectivity index (χ2v) is 7.02. The third-order valence-corrected chi connectivity index (χ3v) is 3.78. The van der Waals surface area contributed by atoms with E-state index in [2.05, 4.69) is 31.3 Å². The minimum Gasteiger partial charge on any atom is -0.504 e. The highest BCUT2D eigenvalue weighted by Gasteiger charge is 2.13. The molecule has 0 bridgehead atoms. The number of carbonyl (C=O) groups is 1. The number of nitrogens with zero attached hydrogens (tertiary/aromatic N) is 1. The lowest BCUT2D eigenvalue weighted by molar-refractivity contribution is -0.123. The molecule has 2 N–H and O–H groups in total. The second kappa shape index (κ2) is 9.07. The van der Waals surface area contributed by atoms with E-state index in [1.807, 2.05) is 31.2 Å². The zero-order valence-electron chi connectivity index (χ0n) is 16.2. The van der Waals surface area contributed by atoms with E-state index < -0.39 is 0 Å². The summed E-state index contributed by atoms with van der Waals surface area (Å²) < 4.78 is 10.8. The number of phenolic OH excluding ortho intramolecular Hbond substituents is 1. The molecule has 0 aliphatic carbocycles. The molecule has 6 nitrogen and oxygen atoms in total. The maximum atomic E-state index is 11.8. The summed E-state index contributed by atoms with van der Waals surface area (Å²) in [5.41, 5.74) is 4.36. The molecule has 0 heterocycles. The van der Waals surface area contributed by atoms with Gasteiger partial charge in [-0.25, -0.2) is 5.43 Å². The molecule has 6 heteroatoms. The van der Waals surface area contributed by atoms with Gasteiger partial charge in [0.25, 0.3) is 5.91 Å². The summed E-state index contributed by atoms with van der Waals surface area (Å²) in [4.78, 5) is 11.8. The zero-order valence-corrected chi connectivity index (χ0v) is 16.2. The molecule has 0 aliphatic heterocycles. The van der Waals surface area contributed by atoms with Crippen LogP contribution in [0.15, 0.2) is 47.6 Å². The molecule has 0 aliphatic rings. The smallest absolute Gasteiger partial charge is 0.277 e. The highest BCUT2D eigenvalue weighted by Crippen LogP contribution is 2.26. The Labute approximate surface area is 159 Å². The number of aromatic hydroxyl groups is 1. The van der Waals surface area contributed by atoms with Gasteiger partial charge in [0.1, 0.15) is 5.75 Å².